The molecule has 1 unspecified atom stereocenters. The number of nitrogens with two attached hydrogens (primary N) is 1. The van der Waals surface area contributed by atoms with Gasteiger partial charge >= 0.3 is 29.8 Å². The molecular formula is C46H60N14O13S. The van der Waals surface area contributed by atoms with Crippen molar-refractivity contribution < 1.29 is 59.1 Å². The SMILES string of the molecule is Nc1nc2ncc(CNc3ccc(C(=O)N[C@@H](CCC(=O)NCCNC(=S)Nc4ccc(CCC(C(=O)O)N5CCN(CC(=O)O)CCN(CC(=O)O)CCN(CC(=O)O)CC5)cc4)C(=O)O)cc3)nc2c(=O)[nH]1. The molecule has 2 aromatic heterocycles. The van der Waals surface area contributed by atoms with Crippen LogP contribution in [0.5, 0.6) is 0 Å². The van der Waals surface area contributed by atoms with Gasteiger partial charge < -0.3 is 57.9 Å². The zero-order valence-corrected chi connectivity index (χ0v) is 41.0. The molecule has 0 saturated carbocycles. The Morgan fingerprint density at radius 3 is 1.81 bits per heavy atom. The number of aryl methyl sites for hydroxylation is 1. The summed E-state index contributed by atoms with van der Waals surface area (Å²) in [4.78, 5) is 118. The monoisotopic (exact) mass is 1050 g/mol. The van der Waals surface area contributed by atoms with Crippen LogP contribution in [0.25, 0.3) is 11.2 Å². The number of nitrogen functional groups attached to an aromatic ring is 1. The number of carbonyl (C=O) groups excluding carboxylic acids is 2. The van der Waals surface area contributed by atoms with Crippen molar-refractivity contribution in [1.82, 2.24) is 55.5 Å². The average Bonchev–Trinajstić information content (AvgIpc) is 3.34. The molecule has 398 valence electrons. The Bertz CT molecular complexity index is 2650. The standard InChI is InChI=1S/C46H60N14O13S/c47-45-55-40-39(42(69)56-45)52-32(24-51-40)23-50-30-8-4-29(5-9-30)41(68)54-33(43(70)71)10-12-35(61)48-13-14-49-46(74)53-31-6-1-28(2-7-31)3-11-34(44(72)73)60-21-19-58(26-37(64)65)17-15-57(25-36(62)63)16-18-59(20-22-60)27-38(66)67/h1-2,4-9,24,33-34,50H,3,10-23,25-27H2,(H,48,61)(H,54,68)(H,62,63)(H,64,65)(H,66,67)(H,70,71)(H,72,73)(H2,49,53,74)(H3,47,51,55,56,69)/t33-,34?/m0/s1. The number of rotatable bonds is 24. The Morgan fingerprint density at radius 2 is 1.26 bits per heavy atom. The van der Waals surface area contributed by atoms with Crippen LogP contribution in [0, 0.1) is 0 Å². The minimum absolute atomic E-state index is 0.0286. The number of aliphatic carboxylic acids is 5. The average molecular weight is 1050 g/mol. The van der Waals surface area contributed by atoms with Gasteiger partial charge in [0.15, 0.2) is 16.3 Å². The highest BCUT2D eigenvalue weighted by Gasteiger charge is 2.28. The first-order valence-corrected chi connectivity index (χ1v) is 23.8. The maximum absolute atomic E-state index is 12.9. The summed E-state index contributed by atoms with van der Waals surface area (Å²) in [5, 5.41) is 63.1. The van der Waals surface area contributed by atoms with E-state index in [9.17, 15) is 63.9 Å². The van der Waals surface area contributed by atoms with Crippen LogP contribution < -0.4 is 37.9 Å². The van der Waals surface area contributed by atoms with Crippen LogP contribution in [0.1, 0.15) is 40.9 Å². The lowest BCUT2D eigenvalue weighted by Gasteiger charge is -2.35. The number of amides is 2. The molecule has 5 rings (SSSR count). The largest absolute Gasteiger partial charge is 0.480 e. The maximum atomic E-state index is 12.9. The summed E-state index contributed by atoms with van der Waals surface area (Å²) in [6, 6.07) is 11.0. The van der Waals surface area contributed by atoms with Crippen LogP contribution in [0.2, 0.25) is 0 Å². The number of carboxylic acids is 5. The Hall–Kier alpha value is -7.92. The van der Waals surface area contributed by atoms with Crippen LogP contribution in [0.3, 0.4) is 0 Å². The van der Waals surface area contributed by atoms with Crippen molar-refractivity contribution in [2.75, 3.05) is 101 Å². The van der Waals surface area contributed by atoms with Crippen molar-refractivity contribution in [3.8, 4) is 0 Å². The van der Waals surface area contributed by atoms with E-state index in [1.807, 2.05) is 0 Å². The van der Waals surface area contributed by atoms with Crippen molar-refractivity contribution in [2.45, 2.75) is 44.3 Å². The lowest BCUT2D eigenvalue weighted by atomic mass is 10.0. The molecule has 4 aromatic rings. The number of H-pyrrole nitrogens is 1. The number of nitrogens with one attached hydrogen (secondary N) is 6. The summed E-state index contributed by atoms with van der Waals surface area (Å²) in [6.07, 6.45) is 1.61. The Morgan fingerprint density at radius 1 is 0.703 bits per heavy atom. The molecule has 1 saturated heterocycles. The number of carbonyl (C=O) groups is 7. The molecule has 2 atom stereocenters. The number of hydrogen-bond acceptors (Lipinski definition) is 18. The molecule has 3 heterocycles. The minimum atomic E-state index is -1.35. The quantitative estimate of drug-likeness (QED) is 0.0291. The van der Waals surface area contributed by atoms with Gasteiger partial charge in [-0.3, -0.25) is 58.1 Å². The minimum Gasteiger partial charge on any atom is -0.480 e. The summed E-state index contributed by atoms with van der Waals surface area (Å²) < 4.78 is 0. The van der Waals surface area contributed by atoms with Crippen LogP contribution in [-0.4, -0.2) is 209 Å². The van der Waals surface area contributed by atoms with Crippen LogP contribution in [0.15, 0.2) is 59.5 Å². The third kappa shape index (κ3) is 19.3. The van der Waals surface area contributed by atoms with Crippen LogP contribution >= 0.6 is 12.2 Å². The second-order valence-electron chi connectivity index (χ2n) is 17.2. The van der Waals surface area contributed by atoms with Gasteiger partial charge in [0.2, 0.25) is 11.9 Å². The number of benzene rings is 2. The third-order valence-corrected chi connectivity index (χ3v) is 11.9. The molecule has 0 bridgehead atoms. The van der Waals surface area contributed by atoms with E-state index >= 15 is 0 Å². The van der Waals surface area contributed by atoms with E-state index in [1.165, 1.54) is 18.3 Å². The van der Waals surface area contributed by atoms with Crippen LogP contribution in [-0.2, 0) is 41.7 Å². The van der Waals surface area contributed by atoms with Gasteiger partial charge in [-0.2, -0.15) is 4.98 Å². The van der Waals surface area contributed by atoms with Gasteiger partial charge in [0.25, 0.3) is 11.5 Å². The Balaban J connectivity index is 1.03. The topological polar surface area (TPSA) is 391 Å². The molecular weight excluding hydrogens is 989 g/mol. The highest BCUT2D eigenvalue weighted by atomic mass is 32.1. The normalized spacial score (nSPS) is 15.1. The molecule has 27 nitrogen and oxygen atoms in total. The second-order valence-corrected chi connectivity index (χ2v) is 17.6. The molecule has 1 aliphatic heterocycles. The number of hydrogen-bond donors (Lipinski definition) is 12. The number of aromatic amines is 1. The summed E-state index contributed by atoms with van der Waals surface area (Å²) in [6.45, 7) is 1.12. The fourth-order valence-electron chi connectivity index (χ4n) is 7.84. The van der Waals surface area contributed by atoms with Gasteiger partial charge in [0.1, 0.15) is 12.1 Å². The molecule has 28 heteroatoms. The smallest absolute Gasteiger partial charge is 0.326 e. The number of fused-ring (bicyclic) bond motifs is 1. The van der Waals surface area contributed by atoms with Crippen molar-refractivity contribution in [3.63, 3.8) is 0 Å². The number of nitrogens with zero attached hydrogens (tertiary/aromatic N) is 7. The summed E-state index contributed by atoms with van der Waals surface area (Å²) in [5.74, 6) is -6.83. The Labute approximate surface area is 428 Å². The van der Waals surface area contributed by atoms with Crippen molar-refractivity contribution in [2.24, 2.45) is 0 Å². The number of thiocarbonyl (C=S) groups is 1. The maximum Gasteiger partial charge on any atom is 0.326 e. The van der Waals surface area contributed by atoms with Crippen LogP contribution in [0.4, 0.5) is 17.3 Å². The van der Waals surface area contributed by atoms with Gasteiger partial charge in [-0.15, -0.1) is 0 Å². The predicted octanol–water partition coefficient (Wildman–Crippen LogP) is -1.17. The van der Waals surface area contributed by atoms with Gasteiger partial charge in [0, 0.05) is 88.8 Å². The first-order valence-electron chi connectivity index (χ1n) is 23.4. The first-order chi connectivity index (χ1) is 35.3. The molecule has 1 fully saturated rings. The summed E-state index contributed by atoms with van der Waals surface area (Å²) in [5.41, 5.74) is 7.82. The van der Waals surface area contributed by atoms with E-state index in [1.54, 1.807) is 56.0 Å². The van der Waals surface area contributed by atoms with E-state index in [-0.39, 0.29) is 139 Å². The van der Waals surface area contributed by atoms with E-state index < -0.39 is 59.3 Å². The van der Waals surface area contributed by atoms with Gasteiger partial charge in [-0.25, -0.2) is 14.8 Å². The molecule has 1 aliphatic rings. The second kappa shape index (κ2) is 28.4. The molecule has 0 spiro atoms. The first kappa shape index (κ1) is 57.0. The van der Waals surface area contributed by atoms with E-state index in [4.69, 9.17) is 18.0 Å². The van der Waals surface area contributed by atoms with Crippen molar-refractivity contribution in [1.29, 1.82) is 0 Å². The predicted molar refractivity (Wildman–Crippen MR) is 271 cm³/mol. The van der Waals surface area contributed by atoms with E-state index in [0.29, 0.717) is 23.5 Å². The summed E-state index contributed by atoms with van der Waals surface area (Å²) in [7, 11) is 0. The number of aromatic nitrogens is 4. The lowest BCUT2D eigenvalue weighted by Crippen LogP contribution is -2.51. The highest BCUT2D eigenvalue weighted by Crippen LogP contribution is 2.17. The molecule has 0 radical (unpaired) electrons. The van der Waals surface area contributed by atoms with Gasteiger partial charge in [0.05, 0.1) is 38.1 Å². The zero-order valence-electron chi connectivity index (χ0n) is 40.2. The third-order valence-electron chi connectivity index (χ3n) is 11.7. The number of anilines is 3. The van der Waals surface area contributed by atoms with E-state index in [2.05, 4.69) is 46.5 Å². The molecule has 2 aromatic carbocycles. The molecule has 0 aliphatic carbocycles. The van der Waals surface area contributed by atoms with E-state index in [0.717, 1.165) is 5.56 Å². The van der Waals surface area contributed by atoms with Crippen molar-refractivity contribution >= 4 is 87.5 Å². The van der Waals surface area contributed by atoms with Gasteiger partial charge in [-0.1, -0.05) is 12.1 Å². The fraction of sp³-hybridized carbons (Fsp3) is 0.435. The van der Waals surface area contributed by atoms with Gasteiger partial charge in [-0.05, 0) is 73.4 Å². The van der Waals surface area contributed by atoms with Crippen molar-refractivity contribution in [3.05, 3.63) is 81.9 Å². The highest BCUT2D eigenvalue weighted by molar-refractivity contribution is 7.80. The molecule has 74 heavy (non-hydrogen) atoms. The number of carboxylic acid groups (broad SMARTS) is 5. The molecule has 13 N–H and O–H groups in total. The molecule has 2 amide bonds. The lowest BCUT2D eigenvalue weighted by molar-refractivity contribution is -0.145. The summed E-state index contributed by atoms with van der Waals surface area (Å²) >= 11 is 5.40. The zero-order chi connectivity index (χ0) is 53.7. The fourth-order valence-corrected chi connectivity index (χ4v) is 8.06. The Kier molecular flexibility index (Phi) is 21.8.